The smallest absolute Gasteiger partial charge is 0.261 e. The summed E-state index contributed by atoms with van der Waals surface area (Å²) in [4.78, 5) is 12.5. The topological polar surface area (TPSA) is 54.9 Å². The van der Waals surface area contributed by atoms with Crippen molar-refractivity contribution < 1.29 is 4.79 Å². The van der Waals surface area contributed by atoms with Gasteiger partial charge < -0.3 is 5.32 Å². The van der Waals surface area contributed by atoms with Crippen molar-refractivity contribution in [2.24, 2.45) is 0 Å². The molecule has 1 aromatic carbocycles. The molecular formula is C14H11N3OS2. The number of amides is 1. The van der Waals surface area contributed by atoms with Gasteiger partial charge in [0, 0.05) is 17.5 Å². The van der Waals surface area contributed by atoms with Gasteiger partial charge in [0.1, 0.15) is 5.69 Å². The number of carbonyl (C=O) groups excluding carboxylic acids is 1. The Morgan fingerprint density at radius 2 is 2.05 bits per heavy atom. The largest absolute Gasteiger partial charge is 0.347 e. The standard InChI is InChI=1S/C14H11N3OS2/c18-14(13-2-1-7-19-13)15-8-10-3-5-11(6-4-10)12-9-20-17-16-12/h1-7,9H,8H2,(H,15,18). The number of hydrogen-bond donors (Lipinski definition) is 1. The minimum atomic E-state index is -0.0345. The molecule has 2 aromatic heterocycles. The van der Waals surface area contributed by atoms with Crippen LogP contribution in [-0.2, 0) is 6.54 Å². The number of nitrogens with zero attached hydrogens (tertiary/aromatic N) is 2. The highest BCUT2D eigenvalue weighted by Crippen LogP contribution is 2.18. The molecule has 20 heavy (non-hydrogen) atoms. The molecule has 1 N–H and O–H groups in total. The summed E-state index contributed by atoms with van der Waals surface area (Å²) >= 11 is 2.78. The molecule has 0 aliphatic carbocycles. The summed E-state index contributed by atoms with van der Waals surface area (Å²) in [5.74, 6) is -0.0345. The minimum absolute atomic E-state index is 0.0345. The van der Waals surface area contributed by atoms with E-state index in [1.54, 1.807) is 0 Å². The second kappa shape index (κ2) is 5.94. The summed E-state index contributed by atoms with van der Waals surface area (Å²) < 4.78 is 3.84. The Bertz CT molecular complexity index is 676. The molecule has 0 bridgehead atoms. The molecule has 100 valence electrons. The van der Waals surface area contributed by atoms with E-state index >= 15 is 0 Å². The predicted molar refractivity (Wildman–Crippen MR) is 80.8 cm³/mol. The van der Waals surface area contributed by atoms with Gasteiger partial charge in [-0.05, 0) is 28.5 Å². The first kappa shape index (κ1) is 13.0. The van der Waals surface area contributed by atoms with E-state index in [-0.39, 0.29) is 5.91 Å². The van der Waals surface area contributed by atoms with Crippen molar-refractivity contribution in [1.82, 2.24) is 14.9 Å². The molecule has 0 spiro atoms. The number of benzene rings is 1. The molecule has 0 saturated carbocycles. The first-order valence-corrected chi connectivity index (χ1v) is 7.72. The highest BCUT2D eigenvalue weighted by molar-refractivity contribution is 7.12. The van der Waals surface area contributed by atoms with Gasteiger partial charge in [0.15, 0.2) is 0 Å². The van der Waals surface area contributed by atoms with Crippen LogP contribution in [-0.4, -0.2) is 15.5 Å². The van der Waals surface area contributed by atoms with Gasteiger partial charge in [-0.15, -0.1) is 16.4 Å². The monoisotopic (exact) mass is 301 g/mol. The van der Waals surface area contributed by atoms with E-state index in [9.17, 15) is 4.79 Å². The van der Waals surface area contributed by atoms with E-state index < -0.39 is 0 Å². The van der Waals surface area contributed by atoms with Crippen molar-refractivity contribution in [3.63, 3.8) is 0 Å². The second-order valence-electron chi connectivity index (χ2n) is 4.15. The maximum atomic E-state index is 11.8. The van der Waals surface area contributed by atoms with Crippen LogP contribution < -0.4 is 5.32 Å². The fraction of sp³-hybridized carbons (Fsp3) is 0.0714. The lowest BCUT2D eigenvalue weighted by Gasteiger charge is -2.04. The molecule has 2 heterocycles. The molecule has 0 fully saturated rings. The lowest BCUT2D eigenvalue weighted by molar-refractivity contribution is 0.0955. The summed E-state index contributed by atoms with van der Waals surface area (Å²) in [5.41, 5.74) is 2.97. The van der Waals surface area contributed by atoms with Gasteiger partial charge in [-0.25, -0.2) is 0 Å². The lowest BCUT2D eigenvalue weighted by Crippen LogP contribution is -2.21. The van der Waals surface area contributed by atoms with Crippen LogP contribution in [0.4, 0.5) is 0 Å². The van der Waals surface area contributed by atoms with Crippen LogP contribution >= 0.6 is 22.9 Å². The van der Waals surface area contributed by atoms with Crippen LogP contribution in [0.15, 0.2) is 47.2 Å². The van der Waals surface area contributed by atoms with Crippen molar-refractivity contribution in [3.05, 3.63) is 57.6 Å². The molecule has 3 rings (SSSR count). The maximum Gasteiger partial charge on any atom is 0.261 e. The van der Waals surface area contributed by atoms with Gasteiger partial charge >= 0.3 is 0 Å². The quantitative estimate of drug-likeness (QED) is 0.805. The fourth-order valence-electron chi connectivity index (χ4n) is 1.76. The third kappa shape index (κ3) is 2.92. The summed E-state index contributed by atoms with van der Waals surface area (Å²) in [7, 11) is 0. The van der Waals surface area contributed by atoms with Crippen molar-refractivity contribution in [2.45, 2.75) is 6.54 Å². The van der Waals surface area contributed by atoms with Crippen molar-refractivity contribution in [1.29, 1.82) is 0 Å². The number of hydrogen-bond acceptors (Lipinski definition) is 5. The Labute approximate surface area is 124 Å². The van der Waals surface area contributed by atoms with E-state index in [1.165, 1.54) is 22.9 Å². The number of carbonyl (C=O) groups is 1. The van der Waals surface area contributed by atoms with Crippen LogP contribution in [0.1, 0.15) is 15.2 Å². The molecule has 0 atom stereocenters. The van der Waals surface area contributed by atoms with E-state index in [0.717, 1.165) is 21.7 Å². The van der Waals surface area contributed by atoms with Crippen LogP contribution in [0.2, 0.25) is 0 Å². The van der Waals surface area contributed by atoms with Crippen LogP contribution in [0, 0.1) is 0 Å². The molecule has 0 aliphatic heterocycles. The highest BCUT2D eigenvalue weighted by Gasteiger charge is 2.06. The Morgan fingerprint density at radius 1 is 1.20 bits per heavy atom. The third-order valence-electron chi connectivity index (χ3n) is 2.81. The first-order valence-electron chi connectivity index (χ1n) is 6.01. The van der Waals surface area contributed by atoms with Gasteiger partial charge in [-0.2, -0.15) is 0 Å². The van der Waals surface area contributed by atoms with E-state index in [2.05, 4.69) is 14.9 Å². The SMILES string of the molecule is O=C(NCc1ccc(-c2csnn2)cc1)c1cccs1. The summed E-state index contributed by atoms with van der Waals surface area (Å²) in [6.07, 6.45) is 0. The molecule has 0 saturated heterocycles. The fourth-order valence-corrected chi connectivity index (χ4v) is 2.87. The Hall–Kier alpha value is -2.05. The molecule has 6 heteroatoms. The third-order valence-corrected chi connectivity index (χ3v) is 4.18. The van der Waals surface area contributed by atoms with Crippen LogP contribution in [0.5, 0.6) is 0 Å². The number of thiophene rings is 1. The minimum Gasteiger partial charge on any atom is -0.347 e. The Balaban J connectivity index is 1.63. The van der Waals surface area contributed by atoms with Crippen LogP contribution in [0.25, 0.3) is 11.3 Å². The van der Waals surface area contributed by atoms with E-state index in [1.807, 2.05) is 47.2 Å². The molecule has 0 aliphatic rings. The van der Waals surface area contributed by atoms with Crippen molar-refractivity contribution in [3.8, 4) is 11.3 Å². The van der Waals surface area contributed by atoms with Gasteiger partial charge in [-0.3, -0.25) is 4.79 Å². The number of rotatable bonds is 4. The molecule has 4 nitrogen and oxygen atoms in total. The van der Waals surface area contributed by atoms with Gasteiger partial charge in [-0.1, -0.05) is 34.8 Å². The molecule has 3 aromatic rings. The molecular weight excluding hydrogens is 290 g/mol. The normalized spacial score (nSPS) is 10.4. The average Bonchev–Trinajstić information content (AvgIpc) is 3.18. The zero-order valence-corrected chi connectivity index (χ0v) is 12.1. The molecule has 0 radical (unpaired) electrons. The van der Waals surface area contributed by atoms with Gasteiger partial charge in [0.25, 0.3) is 5.91 Å². The first-order chi connectivity index (χ1) is 9.83. The number of aromatic nitrogens is 2. The lowest BCUT2D eigenvalue weighted by atomic mass is 10.1. The van der Waals surface area contributed by atoms with Crippen molar-refractivity contribution >= 4 is 28.8 Å². The zero-order chi connectivity index (χ0) is 13.8. The summed E-state index contributed by atoms with van der Waals surface area (Å²) in [6, 6.07) is 11.6. The van der Waals surface area contributed by atoms with Crippen molar-refractivity contribution in [2.75, 3.05) is 0 Å². The Kier molecular flexibility index (Phi) is 3.85. The molecule has 0 unspecified atom stereocenters. The predicted octanol–water partition coefficient (Wildman–Crippen LogP) is 3.20. The average molecular weight is 301 g/mol. The summed E-state index contributed by atoms with van der Waals surface area (Å²) in [5, 5.41) is 10.7. The molecule has 1 amide bonds. The zero-order valence-electron chi connectivity index (χ0n) is 10.4. The van der Waals surface area contributed by atoms with Gasteiger partial charge in [0.05, 0.1) is 4.88 Å². The van der Waals surface area contributed by atoms with E-state index in [0.29, 0.717) is 6.54 Å². The maximum absolute atomic E-state index is 11.8. The van der Waals surface area contributed by atoms with Crippen LogP contribution in [0.3, 0.4) is 0 Å². The number of nitrogens with one attached hydrogen (secondary N) is 1. The van der Waals surface area contributed by atoms with E-state index in [4.69, 9.17) is 0 Å². The highest BCUT2D eigenvalue weighted by atomic mass is 32.1. The summed E-state index contributed by atoms with van der Waals surface area (Å²) in [6.45, 7) is 0.520. The second-order valence-corrected chi connectivity index (χ2v) is 5.70. The Morgan fingerprint density at radius 3 is 2.70 bits per heavy atom. The van der Waals surface area contributed by atoms with Gasteiger partial charge in [0.2, 0.25) is 0 Å².